The van der Waals surface area contributed by atoms with Crippen molar-refractivity contribution in [1.82, 2.24) is 0 Å². The van der Waals surface area contributed by atoms with Gasteiger partial charge in [-0.1, -0.05) is 57.6 Å². The molecule has 1 heterocycles. The topological polar surface area (TPSA) is 29.5 Å². The highest BCUT2D eigenvalue weighted by atomic mass is 79.9. The van der Waals surface area contributed by atoms with Crippen LogP contribution in [0, 0.1) is 6.92 Å². The summed E-state index contributed by atoms with van der Waals surface area (Å²) in [5.74, 6) is 0.632. The van der Waals surface area contributed by atoms with E-state index in [0.29, 0.717) is 15.8 Å². The van der Waals surface area contributed by atoms with Crippen LogP contribution in [0.5, 0.6) is 5.75 Å². The number of ether oxygens (including phenoxy) is 1. The van der Waals surface area contributed by atoms with E-state index in [1.165, 1.54) is 11.8 Å². The monoisotopic (exact) mass is 433 g/mol. The molecule has 25 heavy (non-hydrogen) atoms. The average Bonchev–Trinajstić information content (AvgIpc) is 2.85. The second kappa shape index (κ2) is 7.72. The maximum atomic E-state index is 12.9. The summed E-state index contributed by atoms with van der Waals surface area (Å²) in [5, 5.41) is 0. The van der Waals surface area contributed by atoms with E-state index in [1.54, 1.807) is 4.90 Å². The molecule has 0 saturated carbocycles. The highest BCUT2D eigenvalue weighted by Gasteiger charge is 2.33. The first kappa shape index (κ1) is 18.2. The van der Waals surface area contributed by atoms with E-state index in [-0.39, 0.29) is 5.91 Å². The standard InChI is InChI=1S/C19H16BrNO2S2/c1-3-23-16-9-6-14(20)10-13(16)11-17-18(22)21(19(24)25-17)15-7-4-12(2)5-8-15/h4-11H,3H2,1-2H3/b17-11-. The van der Waals surface area contributed by atoms with Gasteiger partial charge in [0, 0.05) is 10.0 Å². The first-order valence-corrected chi connectivity index (χ1v) is 9.78. The Balaban J connectivity index is 1.96. The number of rotatable bonds is 4. The maximum absolute atomic E-state index is 12.9. The van der Waals surface area contributed by atoms with Crippen molar-refractivity contribution >= 4 is 61.9 Å². The molecule has 0 atom stereocenters. The van der Waals surface area contributed by atoms with E-state index in [2.05, 4.69) is 15.9 Å². The summed E-state index contributed by atoms with van der Waals surface area (Å²) in [6.45, 7) is 4.51. The molecule has 0 spiro atoms. The van der Waals surface area contributed by atoms with Crippen molar-refractivity contribution in [3.63, 3.8) is 0 Å². The fourth-order valence-electron chi connectivity index (χ4n) is 2.44. The third-order valence-corrected chi connectivity index (χ3v) is 5.44. The summed E-state index contributed by atoms with van der Waals surface area (Å²) in [7, 11) is 0. The number of hydrogen-bond acceptors (Lipinski definition) is 4. The van der Waals surface area contributed by atoms with Gasteiger partial charge < -0.3 is 4.74 Å². The fourth-order valence-corrected chi connectivity index (χ4v) is 4.11. The van der Waals surface area contributed by atoms with Crippen LogP contribution in [-0.4, -0.2) is 16.8 Å². The van der Waals surface area contributed by atoms with Gasteiger partial charge in [0.2, 0.25) is 0 Å². The first-order chi connectivity index (χ1) is 12.0. The second-order valence-corrected chi connectivity index (χ2v) is 8.06. The number of aryl methyl sites for hydroxylation is 1. The molecule has 1 aliphatic heterocycles. The number of carbonyl (C=O) groups is 1. The predicted molar refractivity (Wildman–Crippen MR) is 112 cm³/mol. The molecule has 3 nitrogen and oxygen atoms in total. The summed E-state index contributed by atoms with van der Waals surface area (Å²) in [5.41, 5.74) is 2.77. The van der Waals surface area contributed by atoms with Gasteiger partial charge in [-0.25, -0.2) is 0 Å². The lowest BCUT2D eigenvalue weighted by Gasteiger charge is -2.14. The quantitative estimate of drug-likeness (QED) is 0.465. The molecular weight excluding hydrogens is 418 g/mol. The Bertz CT molecular complexity index is 862. The number of benzene rings is 2. The SMILES string of the molecule is CCOc1ccc(Br)cc1/C=C1\SC(=S)N(c2ccc(C)cc2)C1=O. The summed E-state index contributed by atoms with van der Waals surface area (Å²) in [6.07, 6.45) is 1.84. The lowest BCUT2D eigenvalue weighted by molar-refractivity contribution is -0.113. The van der Waals surface area contributed by atoms with E-state index in [9.17, 15) is 4.79 Å². The van der Waals surface area contributed by atoms with Gasteiger partial charge in [0.25, 0.3) is 5.91 Å². The van der Waals surface area contributed by atoms with Crippen LogP contribution in [0.2, 0.25) is 0 Å². The van der Waals surface area contributed by atoms with Gasteiger partial charge >= 0.3 is 0 Å². The van der Waals surface area contributed by atoms with Gasteiger partial charge in [0.05, 0.1) is 17.2 Å². The molecule has 0 radical (unpaired) electrons. The fraction of sp³-hybridized carbons (Fsp3) is 0.158. The van der Waals surface area contributed by atoms with Gasteiger partial charge in [-0.3, -0.25) is 9.69 Å². The number of carbonyl (C=O) groups excluding carboxylic acids is 1. The highest BCUT2D eigenvalue weighted by Crippen LogP contribution is 2.37. The minimum absolute atomic E-state index is 0.110. The number of anilines is 1. The van der Waals surface area contributed by atoms with Crippen molar-refractivity contribution in [2.45, 2.75) is 13.8 Å². The van der Waals surface area contributed by atoms with Gasteiger partial charge in [-0.05, 0) is 50.3 Å². The number of amides is 1. The Morgan fingerprint density at radius 1 is 1.24 bits per heavy atom. The number of hydrogen-bond donors (Lipinski definition) is 0. The van der Waals surface area contributed by atoms with Crippen molar-refractivity contribution in [3.05, 3.63) is 63.0 Å². The van der Waals surface area contributed by atoms with Crippen LogP contribution in [0.3, 0.4) is 0 Å². The molecule has 1 amide bonds. The van der Waals surface area contributed by atoms with E-state index < -0.39 is 0 Å². The molecule has 1 aliphatic rings. The van der Waals surface area contributed by atoms with Crippen molar-refractivity contribution < 1.29 is 9.53 Å². The zero-order valence-electron chi connectivity index (χ0n) is 13.8. The first-order valence-electron chi connectivity index (χ1n) is 7.76. The minimum Gasteiger partial charge on any atom is -0.493 e. The number of thiocarbonyl (C=S) groups is 1. The van der Waals surface area contributed by atoms with Crippen molar-refractivity contribution in [3.8, 4) is 5.75 Å². The zero-order valence-corrected chi connectivity index (χ0v) is 17.0. The Kier molecular flexibility index (Phi) is 5.61. The highest BCUT2D eigenvalue weighted by molar-refractivity contribution is 9.10. The zero-order chi connectivity index (χ0) is 18.0. The third kappa shape index (κ3) is 3.97. The molecule has 2 aromatic rings. The molecule has 0 unspecified atom stereocenters. The average molecular weight is 434 g/mol. The van der Waals surface area contributed by atoms with Crippen molar-refractivity contribution in [2.24, 2.45) is 0 Å². The molecular formula is C19H16BrNO2S2. The van der Waals surface area contributed by atoms with E-state index >= 15 is 0 Å². The number of thioether (sulfide) groups is 1. The molecule has 3 rings (SSSR count). The predicted octanol–water partition coefficient (Wildman–Crippen LogP) is 5.56. The van der Waals surface area contributed by atoms with Crippen molar-refractivity contribution in [2.75, 3.05) is 11.5 Å². The Morgan fingerprint density at radius 3 is 2.64 bits per heavy atom. The summed E-state index contributed by atoms with van der Waals surface area (Å²) in [6, 6.07) is 13.5. The Labute approximate surface area is 165 Å². The molecule has 128 valence electrons. The van der Waals surface area contributed by atoms with Crippen LogP contribution in [-0.2, 0) is 4.79 Å². The molecule has 2 aromatic carbocycles. The molecule has 0 aromatic heterocycles. The molecule has 0 aliphatic carbocycles. The Hall–Kier alpha value is -1.63. The maximum Gasteiger partial charge on any atom is 0.270 e. The third-order valence-electron chi connectivity index (χ3n) is 3.64. The number of halogens is 1. The van der Waals surface area contributed by atoms with Gasteiger partial charge in [0.1, 0.15) is 5.75 Å². The minimum atomic E-state index is -0.110. The lowest BCUT2D eigenvalue weighted by atomic mass is 10.1. The molecule has 0 N–H and O–H groups in total. The van der Waals surface area contributed by atoms with Gasteiger partial charge in [-0.15, -0.1) is 0 Å². The van der Waals surface area contributed by atoms with E-state index in [4.69, 9.17) is 17.0 Å². The van der Waals surface area contributed by atoms with Crippen molar-refractivity contribution in [1.29, 1.82) is 0 Å². The normalized spacial score (nSPS) is 16.0. The summed E-state index contributed by atoms with van der Waals surface area (Å²) >= 11 is 10.2. The number of nitrogens with zero attached hydrogens (tertiary/aromatic N) is 1. The summed E-state index contributed by atoms with van der Waals surface area (Å²) < 4.78 is 7.12. The van der Waals surface area contributed by atoms with Crippen LogP contribution in [0.1, 0.15) is 18.1 Å². The molecule has 1 saturated heterocycles. The molecule has 1 fully saturated rings. The molecule has 0 bridgehead atoms. The summed E-state index contributed by atoms with van der Waals surface area (Å²) in [4.78, 5) is 15.0. The van der Waals surface area contributed by atoms with E-state index in [1.807, 2.05) is 62.4 Å². The van der Waals surface area contributed by atoms with Crippen LogP contribution in [0.4, 0.5) is 5.69 Å². The van der Waals surface area contributed by atoms with E-state index in [0.717, 1.165) is 27.0 Å². The van der Waals surface area contributed by atoms with Gasteiger partial charge in [0.15, 0.2) is 4.32 Å². The smallest absolute Gasteiger partial charge is 0.270 e. The van der Waals surface area contributed by atoms with Crippen LogP contribution < -0.4 is 9.64 Å². The van der Waals surface area contributed by atoms with Crippen LogP contribution in [0.15, 0.2) is 51.8 Å². The second-order valence-electron chi connectivity index (χ2n) is 5.47. The lowest BCUT2D eigenvalue weighted by Crippen LogP contribution is -2.27. The van der Waals surface area contributed by atoms with Crippen LogP contribution in [0.25, 0.3) is 6.08 Å². The largest absolute Gasteiger partial charge is 0.493 e. The molecule has 6 heteroatoms. The van der Waals surface area contributed by atoms with Gasteiger partial charge in [-0.2, -0.15) is 0 Å². The Morgan fingerprint density at radius 2 is 1.96 bits per heavy atom. The van der Waals surface area contributed by atoms with Crippen LogP contribution >= 0.6 is 39.9 Å².